The Hall–Kier alpha value is -2.29. The number of carbonyl (C=O) groups is 1. The molecule has 2 aromatic carbocycles. The van der Waals surface area contributed by atoms with Gasteiger partial charge < -0.3 is 9.64 Å². The zero-order chi connectivity index (χ0) is 14.1. The smallest absolute Gasteiger partial charge is 0.232 e. The first-order chi connectivity index (χ1) is 9.72. The molecule has 3 heteroatoms. The van der Waals surface area contributed by atoms with Crippen molar-refractivity contribution in [2.75, 3.05) is 14.2 Å². The van der Waals surface area contributed by atoms with Crippen molar-refractivity contribution < 1.29 is 9.53 Å². The lowest BCUT2D eigenvalue weighted by atomic mass is 9.78. The lowest BCUT2D eigenvalue weighted by Crippen LogP contribution is -2.50. The van der Waals surface area contributed by atoms with Crippen LogP contribution in [0, 0.1) is 0 Å². The second-order valence-electron chi connectivity index (χ2n) is 5.06. The van der Waals surface area contributed by atoms with Crippen molar-refractivity contribution in [2.24, 2.45) is 0 Å². The Labute approximate surface area is 118 Å². The predicted octanol–water partition coefficient (Wildman–Crippen LogP) is 2.99. The number of methoxy groups -OCH3 is 1. The van der Waals surface area contributed by atoms with Gasteiger partial charge in [-0.3, -0.25) is 4.79 Å². The van der Waals surface area contributed by atoms with E-state index in [0.29, 0.717) is 0 Å². The average Bonchev–Trinajstić information content (AvgIpc) is 2.52. The average molecular weight is 267 g/mol. The molecule has 2 aromatic rings. The topological polar surface area (TPSA) is 29.5 Å². The third kappa shape index (κ3) is 1.95. The molecule has 1 aliphatic rings. The first-order valence-corrected chi connectivity index (χ1v) is 6.68. The van der Waals surface area contributed by atoms with Crippen LogP contribution in [0.25, 0.3) is 0 Å². The van der Waals surface area contributed by atoms with E-state index in [1.54, 1.807) is 12.0 Å². The lowest BCUT2D eigenvalue weighted by molar-refractivity contribution is -0.147. The van der Waals surface area contributed by atoms with Crippen molar-refractivity contribution in [1.29, 1.82) is 0 Å². The highest BCUT2D eigenvalue weighted by molar-refractivity contribution is 5.91. The minimum Gasteiger partial charge on any atom is -0.497 e. The number of rotatable bonds is 3. The summed E-state index contributed by atoms with van der Waals surface area (Å²) < 4.78 is 5.25. The molecule has 0 saturated carbocycles. The van der Waals surface area contributed by atoms with Gasteiger partial charge in [-0.1, -0.05) is 42.5 Å². The Bertz CT molecular complexity index is 624. The molecular formula is C17H17NO2. The van der Waals surface area contributed by atoms with E-state index in [4.69, 9.17) is 4.74 Å². The van der Waals surface area contributed by atoms with Gasteiger partial charge in [0.2, 0.25) is 5.91 Å². The molecule has 102 valence electrons. The van der Waals surface area contributed by atoms with Gasteiger partial charge in [-0.15, -0.1) is 0 Å². The van der Waals surface area contributed by atoms with Crippen LogP contribution in [0.4, 0.5) is 0 Å². The molecule has 0 N–H and O–H groups in total. The Morgan fingerprint density at radius 2 is 1.70 bits per heavy atom. The van der Waals surface area contributed by atoms with E-state index < -0.39 is 0 Å². The quantitative estimate of drug-likeness (QED) is 0.800. The first kappa shape index (κ1) is 12.7. The summed E-state index contributed by atoms with van der Waals surface area (Å²) in [5.74, 6) is 0.835. The molecule has 3 nitrogen and oxygen atoms in total. The molecule has 0 bridgehead atoms. The zero-order valence-corrected chi connectivity index (χ0v) is 11.6. The van der Waals surface area contributed by atoms with Crippen molar-refractivity contribution in [1.82, 2.24) is 4.90 Å². The van der Waals surface area contributed by atoms with Gasteiger partial charge >= 0.3 is 0 Å². The van der Waals surface area contributed by atoms with Crippen LogP contribution >= 0.6 is 0 Å². The van der Waals surface area contributed by atoms with E-state index >= 15 is 0 Å². The van der Waals surface area contributed by atoms with Crippen LogP contribution in [-0.2, 0) is 4.79 Å². The summed E-state index contributed by atoms with van der Waals surface area (Å²) in [6.45, 7) is 0. The first-order valence-electron chi connectivity index (χ1n) is 6.68. The molecule has 0 spiro atoms. The number of likely N-dealkylation sites (tertiary alicyclic amines) is 1. The number of benzene rings is 2. The van der Waals surface area contributed by atoms with E-state index in [1.165, 1.54) is 5.56 Å². The van der Waals surface area contributed by atoms with Crippen LogP contribution < -0.4 is 4.74 Å². The number of likely N-dealkylation sites (N-methyl/N-ethyl adjacent to an activating group) is 1. The van der Waals surface area contributed by atoms with Crippen molar-refractivity contribution in [3.8, 4) is 5.75 Å². The van der Waals surface area contributed by atoms with Crippen LogP contribution in [0.15, 0.2) is 54.6 Å². The maximum Gasteiger partial charge on any atom is 0.232 e. The second kappa shape index (κ2) is 5.00. The van der Waals surface area contributed by atoms with Crippen molar-refractivity contribution >= 4 is 5.91 Å². The van der Waals surface area contributed by atoms with E-state index in [2.05, 4.69) is 12.1 Å². The second-order valence-corrected chi connectivity index (χ2v) is 5.06. The number of hydrogen-bond acceptors (Lipinski definition) is 2. The highest BCUT2D eigenvalue weighted by Gasteiger charge is 2.46. The van der Waals surface area contributed by atoms with Gasteiger partial charge in [0.1, 0.15) is 5.75 Å². The summed E-state index contributed by atoms with van der Waals surface area (Å²) in [5, 5.41) is 0. The normalized spacial score (nSPS) is 21.5. The Morgan fingerprint density at radius 3 is 2.40 bits per heavy atom. The third-order valence-corrected chi connectivity index (χ3v) is 3.94. The summed E-state index contributed by atoms with van der Waals surface area (Å²) in [7, 11) is 3.50. The Balaban J connectivity index is 1.97. The van der Waals surface area contributed by atoms with Crippen LogP contribution in [0.3, 0.4) is 0 Å². The van der Waals surface area contributed by atoms with E-state index in [-0.39, 0.29) is 17.9 Å². The van der Waals surface area contributed by atoms with Gasteiger partial charge in [0.05, 0.1) is 19.1 Å². The van der Waals surface area contributed by atoms with Gasteiger partial charge in [-0.2, -0.15) is 0 Å². The number of nitrogens with zero attached hydrogens (tertiary/aromatic N) is 1. The van der Waals surface area contributed by atoms with Crippen LogP contribution in [0.1, 0.15) is 23.1 Å². The predicted molar refractivity (Wildman–Crippen MR) is 77.7 cm³/mol. The SMILES string of the molecule is COc1cccc([C@H]2C(=O)N(C)[C@@H]2c2ccccc2)c1. The van der Waals surface area contributed by atoms with Crippen LogP contribution in [-0.4, -0.2) is 25.0 Å². The summed E-state index contributed by atoms with van der Waals surface area (Å²) >= 11 is 0. The van der Waals surface area contributed by atoms with Gasteiger partial charge in [0.25, 0.3) is 0 Å². The molecule has 1 aliphatic heterocycles. The minimum absolute atomic E-state index is 0.107. The number of hydrogen-bond donors (Lipinski definition) is 0. The van der Waals surface area contributed by atoms with Crippen molar-refractivity contribution in [3.63, 3.8) is 0 Å². The van der Waals surface area contributed by atoms with Crippen LogP contribution in [0.2, 0.25) is 0 Å². The molecule has 1 saturated heterocycles. The Morgan fingerprint density at radius 1 is 1.00 bits per heavy atom. The fourth-order valence-corrected chi connectivity index (χ4v) is 2.86. The highest BCUT2D eigenvalue weighted by atomic mass is 16.5. The molecule has 20 heavy (non-hydrogen) atoms. The number of ether oxygens (including phenoxy) is 1. The Kier molecular flexibility index (Phi) is 3.18. The zero-order valence-electron chi connectivity index (χ0n) is 11.6. The third-order valence-electron chi connectivity index (χ3n) is 3.94. The highest BCUT2D eigenvalue weighted by Crippen LogP contribution is 2.45. The number of β-lactam (4-membered cyclic amide) rings is 1. The van der Waals surface area contributed by atoms with E-state index in [0.717, 1.165) is 11.3 Å². The van der Waals surface area contributed by atoms with E-state index in [9.17, 15) is 4.79 Å². The van der Waals surface area contributed by atoms with Gasteiger partial charge in [0.15, 0.2) is 0 Å². The fraction of sp³-hybridized carbons (Fsp3) is 0.235. The summed E-state index contributed by atoms with van der Waals surface area (Å²) in [4.78, 5) is 14.0. The molecule has 1 amide bonds. The standard InChI is InChI=1S/C17H17NO2/c1-18-16(12-7-4-3-5-8-12)15(17(18)19)13-9-6-10-14(11-13)20-2/h3-11,15-16H,1-2H3/t15-,16-/m1/s1. The van der Waals surface area contributed by atoms with Gasteiger partial charge in [0, 0.05) is 7.05 Å². The van der Waals surface area contributed by atoms with Crippen molar-refractivity contribution in [2.45, 2.75) is 12.0 Å². The molecule has 0 unspecified atom stereocenters. The molecular weight excluding hydrogens is 250 g/mol. The molecule has 3 rings (SSSR count). The summed E-state index contributed by atoms with van der Waals surface area (Å²) in [5.41, 5.74) is 2.18. The maximum atomic E-state index is 12.2. The summed E-state index contributed by atoms with van der Waals surface area (Å²) in [6, 6.07) is 18.0. The van der Waals surface area contributed by atoms with Crippen molar-refractivity contribution in [3.05, 3.63) is 65.7 Å². The molecule has 0 aromatic heterocycles. The molecule has 1 heterocycles. The molecule has 0 aliphatic carbocycles. The molecule has 0 radical (unpaired) electrons. The van der Waals surface area contributed by atoms with Gasteiger partial charge in [-0.05, 0) is 23.3 Å². The van der Waals surface area contributed by atoms with E-state index in [1.807, 2.05) is 49.5 Å². The lowest BCUT2D eigenvalue weighted by Gasteiger charge is -2.45. The largest absolute Gasteiger partial charge is 0.497 e. The minimum atomic E-state index is -0.113. The fourth-order valence-electron chi connectivity index (χ4n) is 2.86. The number of amides is 1. The molecule has 2 atom stereocenters. The monoisotopic (exact) mass is 267 g/mol. The maximum absolute atomic E-state index is 12.2. The summed E-state index contributed by atoms with van der Waals surface area (Å²) in [6.07, 6.45) is 0. The number of carbonyl (C=O) groups excluding carboxylic acids is 1. The van der Waals surface area contributed by atoms with Gasteiger partial charge in [-0.25, -0.2) is 0 Å². The van der Waals surface area contributed by atoms with Crippen LogP contribution in [0.5, 0.6) is 5.75 Å². The molecule has 1 fully saturated rings.